The van der Waals surface area contributed by atoms with Crippen LogP contribution < -0.4 is 11.5 Å². The zero-order chi connectivity index (χ0) is 21.4. The molecule has 170 valence electrons. The van der Waals surface area contributed by atoms with Crippen LogP contribution in [0.1, 0.15) is 95.0 Å². The highest BCUT2D eigenvalue weighted by molar-refractivity contribution is 9.10. The molecule has 0 aliphatic heterocycles. The highest BCUT2D eigenvalue weighted by atomic mass is 79.9. The van der Waals surface area contributed by atoms with Gasteiger partial charge in [0.2, 0.25) is 0 Å². The summed E-state index contributed by atoms with van der Waals surface area (Å²) < 4.78 is 3.79. The van der Waals surface area contributed by atoms with Gasteiger partial charge >= 0.3 is 0 Å². The van der Waals surface area contributed by atoms with Crippen molar-refractivity contribution in [2.45, 2.75) is 108 Å². The van der Waals surface area contributed by atoms with E-state index in [1.165, 1.54) is 79.7 Å². The summed E-state index contributed by atoms with van der Waals surface area (Å²) in [6, 6.07) is 7.28. The predicted molar refractivity (Wildman–Crippen MR) is 134 cm³/mol. The number of hydrogen-bond acceptors (Lipinski definition) is 2. The Balaban J connectivity index is 1.33. The van der Waals surface area contributed by atoms with Gasteiger partial charge < -0.3 is 16.0 Å². The quantitative estimate of drug-likeness (QED) is 0.496. The van der Waals surface area contributed by atoms with E-state index in [9.17, 15) is 0 Å². The van der Waals surface area contributed by atoms with E-state index in [0.717, 1.165) is 31.6 Å². The second kappa shape index (κ2) is 9.19. The lowest BCUT2D eigenvalue weighted by molar-refractivity contribution is 0.140. The third kappa shape index (κ3) is 4.63. The molecule has 1 heterocycles. The molecule has 2 aromatic rings. The summed E-state index contributed by atoms with van der Waals surface area (Å²) in [5.74, 6) is 2.21. The van der Waals surface area contributed by atoms with E-state index in [-0.39, 0.29) is 5.54 Å². The highest BCUT2D eigenvalue weighted by Gasteiger charge is 2.40. The number of nitrogens with zero attached hydrogens (tertiary/aromatic N) is 1. The van der Waals surface area contributed by atoms with Crippen LogP contribution in [-0.2, 0) is 6.54 Å². The Bertz CT molecular complexity index is 881. The highest BCUT2D eigenvalue weighted by Crippen LogP contribution is 2.46. The van der Waals surface area contributed by atoms with Crippen LogP contribution in [0, 0.1) is 11.8 Å². The molecular weight excluding hydrogens is 446 g/mol. The minimum absolute atomic E-state index is 0.0405. The smallest absolute Gasteiger partial charge is 0.0484 e. The van der Waals surface area contributed by atoms with Gasteiger partial charge in [-0.3, -0.25) is 0 Å². The zero-order valence-electron chi connectivity index (χ0n) is 19.0. The second-order valence-electron chi connectivity index (χ2n) is 11.0. The molecule has 4 N–H and O–H groups in total. The minimum Gasteiger partial charge on any atom is -0.347 e. The van der Waals surface area contributed by atoms with E-state index in [1.54, 1.807) is 5.56 Å². The van der Waals surface area contributed by atoms with E-state index in [0.29, 0.717) is 17.9 Å². The van der Waals surface area contributed by atoms with Crippen molar-refractivity contribution in [2.24, 2.45) is 23.3 Å². The monoisotopic (exact) mass is 485 g/mol. The summed E-state index contributed by atoms with van der Waals surface area (Å²) in [6.07, 6.45) is 19.2. The van der Waals surface area contributed by atoms with Gasteiger partial charge in [-0.2, -0.15) is 0 Å². The van der Waals surface area contributed by atoms with Crippen molar-refractivity contribution >= 4 is 26.8 Å². The second-order valence-corrected chi connectivity index (χ2v) is 11.9. The first-order chi connectivity index (χ1) is 15.0. The van der Waals surface area contributed by atoms with Crippen molar-refractivity contribution < 1.29 is 0 Å². The molecule has 3 aliphatic rings. The summed E-state index contributed by atoms with van der Waals surface area (Å²) in [5, 5.41) is 1.47. The van der Waals surface area contributed by atoms with Crippen molar-refractivity contribution in [1.82, 2.24) is 4.57 Å². The SMILES string of the molecule is NC1CCC(N)(C2CCC(c3cn(CC4CCCCC4)c4ccc(Br)cc34)CC2)CC1. The molecule has 0 atom stereocenters. The Morgan fingerprint density at radius 2 is 1.65 bits per heavy atom. The maximum Gasteiger partial charge on any atom is 0.0484 e. The third-order valence-electron chi connectivity index (χ3n) is 8.99. The number of hydrogen-bond donors (Lipinski definition) is 2. The van der Waals surface area contributed by atoms with E-state index in [1.807, 2.05) is 0 Å². The Hall–Kier alpha value is -0.840. The molecule has 31 heavy (non-hydrogen) atoms. The third-order valence-corrected chi connectivity index (χ3v) is 9.49. The predicted octanol–water partition coefficient (Wildman–Crippen LogP) is 6.86. The normalized spacial score (nSPS) is 33.1. The molecule has 3 aliphatic carbocycles. The van der Waals surface area contributed by atoms with Crippen LogP contribution in [0.15, 0.2) is 28.9 Å². The molecule has 5 rings (SSSR count). The first-order valence-corrected chi connectivity index (χ1v) is 13.6. The number of nitrogens with two attached hydrogens (primary N) is 2. The average molecular weight is 487 g/mol. The summed E-state index contributed by atoms with van der Waals surface area (Å²) in [5.41, 5.74) is 16.1. The Labute approximate surface area is 196 Å². The van der Waals surface area contributed by atoms with Crippen LogP contribution in [0.25, 0.3) is 10.9 Å². The number of halogens is 1. The van der Waals surface area contributed by atoms with E-state index >= 15 is 0 Å². The van der Waals surface area contributed by atoms with Crippen LogP contribution in [0.4, 0.5) is 0 Å². The van der Waals surface area contributed by atoms with Crippen LogP contribution >= 0.6 is 15.9 Å². The van der Waals surface area contributed by atoms with Crippen molar-refractivity contribution in [2.75, 3.05) is 0 Å². The number of aromatic nitrogens is 1. The van der Waals surface area contributed by atoms with Gasteiger partial charge in [0.05, 0.1) is 0 Å². The van der Waals surface area contributed by atoms with E-state index < -0.39 is 0 Å². The van der Waals surface area contributed by atoms with Crippen LogP contribution in [0.5, 0.6) is 0 Å². The molecule has 4 heteroatoms. The van der Waals surface area contributed by atoms with E-state index in [4.69, 9.17) is 11.5 Å². The van der Waals surface area contributed by atoms with Gasteiger partial charge in [0.15, 0.2) is 0 Å². The van der Waals surface area contributed by atoms with Crippen LogP contribution in [-0.4, -0.2) is 16.1 Å². The van der Waals surface area contributed by atoms with Crippen molar-refractivity contribution in [3.05, 3.63) is 34.4 Å². The Morgan fingerprint density at radius 3 is 2.35 bits per heavy atom. The summed E-state index contributed by atoms with van der Waals surface area (Å²) in [4.78, 5) is 0. The maximum absolute atomic E-state index is 6.93. The minimum atomic E-state index is 0.0405. The van der Waals surface area contributed by atoms with Gasteiger partial charge in [-0.15, -0.1) is 0 Å². The molecule has 0 bridgehead atoms. The standard InChI is InChI=1S/C27H40BrN3/c28-22-10-11-26-24(16-22)25(18-31(26)17-19-4-2-1-3-5-19)20-6-8-21(9-7-20)27(30)14-12-23(29)13-15-27/h10-11,16,18-21,23H,1-9,12-15,17,29-30H2. The van der Waals surface area contributed by atoms with Gasteiger partial charge in [0, 0.05) is 39.7 Å². The number of fused-ring (bicyclic) bond motifs is 1. The van der Waals surface area contributed by atoms with Gasteiger partial charge in [0.1, 0.15) is 0 Å². The topological polar surface area (TPSA) is 57.0 Å². The molecule has 0 spiro atoms. The number of benzene rings is 1. The molecule has 0 amide bonds. The van der Waals surface area contributed by atoms with Crippen molar-refractivity contribution in [3.8, 4) is 0 Å². The fraction of sp³-hybridized carbons (Fsp3) is 0.704. The van der Waals surface area contributed by atoms with Gasteiger partial charge in [0.25, 0.3) is 0 Å². The van der Waals surface area contributed by atoms with Gasteiger partial charge in [-0.25, -0.2) is 0 Å². The largest absolute Gasteiger partial charge is 0.347 e. The molecule has 1 aromatic carbocycles. The van der Waals surface area contributed by atoms with Gasteiger partial charge in [-0.05, 0) is 106 Å². The van der Waals surface area contributed by atoms with Gasteiger partial charge in [-0.1, -0.05) is 35.2 Å². The lowest BCUT2D eigenvalue weighted by Crippen LogP contribution is -2.52. The lowest BCUT2D eigenvalue weighted by atomic mass is 9.65. The number of rotatable bonds is 4. The first-order valence-electron chi connectivity index (χ1n) is 12.8. The maximum atomic E-state index is 6.93. The molecule has 0 saturated heterocycles. The molecule has 3 saturated carbocycles. The molecule has 3 nitrogen and oxygen atoms in total. The molecule has 0 radical (unpaired) electrons. The van der Waals surface area contributed by atoms with Crippen LogP contribution in [0.3, 0.4) is 0 Å². The lowest BCUT2D eigenvalue weighted by Gasteiger charge is -2.45. The summed E-state index contributed by atoms with van der Waals surface area (Å²) in [6.45, 7) is 1.19. The molecule has 1 aromatic heterocycles. The Morgan fingerprint density at radius 1 is 0.935 bits per heavy atom. The fourth-order valence-electron chi connectivity index (χ4n) is 6.99. The Kier molecular flexibility index (Phi) is 6.52. The van der Waals surface area contributed by atoms with Crippen LogP contribution in [0.2, 0.25) is 0 Å². The molecule has 3 fully saturated rings. The zero-order valence-corrected chi connectivity index (χ0v) is 20.6. The van der Waals surface area contributed by atoms with Crippen molar-refractivity contribution in [3.63, 3.8) is 0 Å². The first kappa shape index (κ1) is 22.0. The fourth-order valence-corrected chi connectivity index (χ4v) is 7.35. The molecular formula is C27H40BrN3. The van der Waals surface area contributed by atoms with Crippen molar-refractivity contribution in [1.29, 1.82) is 0 Å². The average Bonchev–Trinajstić information content (AvgIpc) is 3.14. The molecule has 0 unspecified atom stereocenters. The summed E-state index contributed by atoms with van der Waals surface area (Å²) >= 11 is 3.74. The summed E-state index contributed by atoms with van der Waals surface area (Å²) in [7, 11) is 0. The van der Waals surface area contributed by atoms with E-state index in [2.05, 4.69) is 44.9 Å².